The van der Waals surface area contributed by atoms with Gasteiger partial charge < -0.3 is 10.1 Å². The molecule has 1 fully saturated rings. The highest BCUT2D eigenvalue weighted by molar-refractivity contribution is 7.09. The van der Waals surface area contributed by atoms with E-state index in [9.17, 15) is 0 Å². The molecule has 1 aromatic heterocycles. The molecule has 1 unspecified atom stereocenters. The summed E-state index contributed by atoms with van der Waals surface area (Å²) in [4.78, 5) is 0. The third kappa shape index (κ3) is 2.63. The van der Waals surface area contributed by atoms with Gasteiger partial charge in [-0.05, 0) is 18.8 Å². The Morgan fingerprint density at radius 2 is 2.69 bits per heavy atom. The zero-order valence-corrected chi connectivity index (χ0v) is 8.22. The molecule has 1 aromatic rings. The van der Waals surface area contributed by atoms with Gasteiger partial charge in [-0.3, -0.25) is 0 Å². The third-order valence-electron chi connectivity index (χ3n) is 2.18. The van der Waals surface area contributed by atoms with Crippen molar-refractivity contribution in [2.45, 2.75) is 12.8 Å². The highest BCUT2D eigenvalue weighted by Crippen LogP contribution is 2.15. The second-order valence-electron chi connectivity index (χ2n) is 3.25. The first-order chi connectivity index (χ1) is 6.45. The second kappa shape index (κ2) is 4.53. The maximum absolute atomic E-state index is 5.38. The molecular formula is C8H13N3OS. The van der Waals surface area contributed by atoms with Gasteiger partial charge in [0.25, 0.3) is 0 Å². The molecule has 5 heteroatoms. The minimum absolute atomic E-state index is 0.649. The largest absolute Gasteiger partial charge is 0.381 e. The topological polar surface area (TPSA) is 47.0 Å². The van der Waals surface area contributed by atoms with Crippen LogP contribution < -0.4 is 5.32 Å². The van der Waals surface area contributed by atoms with Crippen LogP contribution >= 0.6 is 11.5 Å². The number of nitrogens with zero attached hydrogens (tertiary/aromatic N) is 2. The summed E-state index contributed by atoms with van der Waals surface area (Å²) >= 11 is 1.40. The van der Waals surface area contributed by atoms with Crippen molar-refractivity contribution >= 4 is 16.5 Å². The second-order valence-corrected chi connectivity index (χ2v) is 4.03. The van der Waals surface area contributed by atoms with Gasteiger partial charge in [0.2, 0.25) is 0 Å². The molecule has 1 N–H and O–H groups in total. The molecule has 0 saturated carbocycles. The Kier molecular flexibility index (Phi) is 3.10. The smallest absolute Gasteiger partial charge is 0.130 e. The zero-order chi connectivity index (χ0) is 8.93. The van der Waals surface area contributed by atoms with Crippen molar-refractivity contribution in [2.75, 3.05) is 25.1 Å². The van der Waals surface area contributed by atoms with Crippen LogP contribution in [0.3, 0.4) is 0 Å². The molecule has 0 radical (unpaired) electrons. The third-order valence-corrected chi connectivity index (χ3v) is 2.80. The molecular weight excluding hydrogens is 186 g/mol. The molecule has 0 aliphatic carbocycles. The number of rotatable bonds is 3. The van der Waals surface area contributed by atoms with E-state index in [1.807, 2.05) is 0 Å². The van der Waals surface area contributed by atoms with Crippen molar-refractivity contribution in [1.29, 1.82) is 0 Å². The van der Waals surface area contributed by atoms with Crippen LogP contribution in [-0.4, -0.2) is 29.3 Å². The van der Waals surface area contributed by atoms with E-state index in [4.69, 9.17) is 4.74 Å². The van der Waals surface area contributed by atoms with Gasteiger partial charge in [0.05, 0.1) is 12.8 Å². The number of hydrogen-bond donors (Lipinski definition) is 1. The lowest BCUT2D eigenvalue weighted by molar-refractivity contribution is 0.0595. The number of aromatic nitrogens is 2. The van der Waals surface area contributed by atoms with Gasteiger partial charge >= 0.3 is 0 Å². The monoisotopic (exact) mass is 199 g/mol. The molecule has 1 aliphatic heterocycles. The van der Waals surface area contributed by atoms with E-state index in [0.717, 1.165) is 24.8 Å². The normalized spacial score (nSPS) is 22.9. The summed E-state index contributed by atoms with van der Waals surface area (Å²) in [5, 5.41) is 8.12. The lowest BCUT2D eigenvalue weighted by atomic mass is 10.0. The van der Waals surface area contributed by atoms with E-state index in [2.05, 4.69) is 14.9 Å². The molecule has 72 valence electrons. The number of nitrogens with one attached hydrogen (secondary N) is 1. The van der Waals surface area contributed by atoms with E-state index in [1.165, 1.54) is 24.4 Å². The maximum Gasteiger partial charge on any atom is 0.130 e. The number of ether oxygens (including phenoxy) is 1. The number of anilines is 1. The van der Waals surface area contributed by atoms with E-state index in [0.29, 0.717) is 5.92 Å². The maximum atomic E-state index is 5.38. The summed E-state index contributed by atoms with van der Waals surface area (Å²) in [6.45, 7) is 2.79. The van der Waals surface area contributed by atoms with Crippen molar-refractivity contribution < 1.29 is 4.74 Å². The molecule has 2 heterocycles. The quantitative estimate of drug-likeness (QED) is 0.799. The first kappa shape index (κ1) is 8.90. The van der Waals surface area contributed by atoms with Crippen molar-refractivity contribution in [3.8, 4) is 0 Å². The minimum atomic E-state index is 0.649. The molecule has 1 aliphatic rings. The van der Waals surface area contributed by atoms with E-state index < -0.39 is 0 Å². The standard InChI is InChI=1S/C8H13N3OS/c1-2-7(6-12-3-1)4-9-8-5-10-11-13-8/h5,7,9H,1-4,6H2. The van der Waals surface area contributed by atoms with Crippen LogP contribution in [0.1, 0.15) is 12.8 Å². The predicted molar refractivity (Wildman–Crippen MR) is 51.9 cm³/mol. The summed E-state index contributed by atoms with van der Waals surface area (Å²) in [6.07, 6.45) is 4.21. The van der Waals surface area contributed by atoms with Crippen molar-refractivity contribution in [2.24, 2.45) is 5.92 Å². The molecule has 1 saturated heterocycles. The zero-order valence-electron chi connectivity index (χ0n) is 7.40. The van der Waals surface area contributed by atoms with E-state index >= 15 is 0 Å². The van der Waals surface area contributed by atoms with E-state index in [1.54, 1.807) is 6.20 Å². The molecule has 0 aromatic carbocycles. The highest BCUT2D eigenvalue weighted by atomic mass is 32.1. The fraction of sp³-hybridized carbons (Fsp3) is 0.750. The van der Waals surface area contributed by atoms with Crippen LogP contribution in [0.4, 0.5) is 5.00 Å². The summed E-state index contributed by atoms with van der Waals surface area (Å²) in [7, 11) is 0. The Bertz CT molecular complexity index is 234. The van der Waals surface area contributed by atoms with Crippen molar-refractivity contribution in [3.63, 3.8) is 0 Å². The van der Waals surface area contributed by atoms with Crippen LogP contribution in [0.5, 0.6) is 0 Å². The lowest BCUT2D eigenvalue weighted by Gasteiger charge is -2.21. The molecule has 0 bridgehead atoms. The lowest BCUT2D eigenvalue weighted by Crippen LogP contribution is -2.24. The Morgan fingerprint density at radius 3 is 3.38 bits per heavy atom. The van der Waals surface area contributed by atoms with Gasteiger partial charge in [0, 0.05) is 24.7 Å². The molecule has 2 rings (SSSR count). The Hall–Kier alpha value is -0.680. The van der Waals surface area contributed by atoms with Gasteiger partial charge in [-0.1, -0.05) is 4.49 Å². The Morgan fingerprint density at radius 1 is 1.69 bits per heavy atom. The van der Waals surface area contributed by atoms with E-state index in [-0.39, 0.29) is 0 Å². The van der Waals surface area contributed by atoms with Crippen LogP contribution in [0, 0.1) is 5.92 Å². The Balaban J connectivity index is 1.72. The summed E-state index contributed by atoms with van der Waals surface area (Å²) in [6, 6.07) is 0. The first-order valence-corrected chi connectivity index (χ1v) is 5.31. The highest BCUT2D eigenvalue weighted by Gasteiger charge is 2.13. The minimum Gasteiger partial charge on any atom is -0.381 e. The average molecular weight is 199 g/mol. The molecule has 13 heavy (non-hydrogen) atoms. The number of hydrogen-bond acceptors (Lipinski definition) is 5. The molecule has 1 atom stereocenters. The van der Waals surface area contributed by atoms with Crippen molar-refractivity contribution in [1.82, 2.24) is 9.59 Å². The molecule has 4 nitrogen and oxygen atoms in total. The summed E-state index contributed by atoms with van der Waals surface area (Å²) < 4.78 is 9.17. The first-order valence-electron chi connectivity index (χ1n) is 4.54. The molecule has 0 amide bonds. The van der Waals surface area contributed by atoms with Gasteiger partial charge in [-0.15, -0.1) is 5.10 Å². The summed E-state index contributed by atoms with van der Waals surface area (Å²) in [5.41, 5.74) is 0. The van der Waals surface area contributed by atoms with Gasteiger partial charge in [0.1, 0.15) is 5.00 Å². The SMILES string of the molecule is c1nnsc1NCC1CCCOC1. The summed E-state index contributed by atoms with van der Waals surface area (Å²) in [5.74, 6) is 0.649. The van der Waals surface area contributed by atoms with Crippen LogP contribution in [0.15, 0.2) is 6.20 Å². The fourth-order valence-corrected chi connectivity index (χ4v) is 1.88. The fourth-order valence-electron chi connectivity index (χ4n) is 1.46. The van der Waals surface area contributed by atoms with Crippen LogP contribution in [0.2, 0.25) is 0 Å². The van der Waals surface area contributed by atoms with Gasteiger partial charge in [-0.2, -0.15) is 0 Å². The predicted octanol–water partition coefficient (Wildman–Crippen LogP) is 1.38. The van der Waals surface area contributed by atoms with Crippen molar-refractivity contribution in [3.05, 3.63) is 6.20 Å². The molecule has 0 spiro atoms. The van der Waals surface area contributed by atoms with Crippen LogP contribution in [-0.2, 0) is 4.74 Å². The van der Waals surface area contributed by atoms with Gasteiger partial charge in [0.15, 0.2) is 0 Å². The Labute approximate surface area is 81.5 Å². The van der Waals surface area contributed by atoms with Gasteiger partial charge in [-0.25, -0.2) is 0 Å². The van der Waals surface area contributed by atoms with Crippen LogP contribution in [0.25, 0.3) is 0 Å². The average Bonchev–Trinajstić information content (AvgIpc) is 2.69.